The molecule has 19 heavy (non-hydrogen) atoms. The maximum Gasteiger partial charge on any atom is 0.144 e. The van der Waals surface area contributed by atoms with E-state index in [1.165, 1.54) is 12.8 Å². The highest BCUT2D eigenvalue weighted by Crippen LogP contribution is 2.40. The average Bonchev–Trinajstić information content (AvgIpc) is 3.25. The topological polar surface area (TPSA) is 63.8 Å². The van der Waals surface area contributed by atoms with Crippen molar-refractivity contribution in [1.82, 2.24) is 9.97 Å². The number of nitrogens with zero attached hydrogens (tertiary/aromatic N) is 2. The monoisotopic (exact) mass is 336 g/mol. The first-order valence-electron chi connectivity index (χ1n) is 6.04. The predicted octanol–water partition coefficient (Wildman–Crippen LogP) is 3.55. The average molecular weight is 337 g/mol. The third-order valence-electron chi connectivity index (χ3n) is 2.86. The zero-order valence-corrected chi connectivity index (χ0v) is 12.5. The normalized spacial score (nSPS) is 14.4. The van der Waals surface area contributed by atoms with Crippen molar-refractivity contribution in [2.24, 2.45) is 5.84 Å². The Bertz CT molecular complexity index is 601. The Balaban J connectivity index is 1.91. The molecule has 2 aromatic rings. The number of halogens is 1. The smallest absolute Gasteiger partial charge is 0.144 e. The number of hydrogen-bond acceptors (Lipinski definition) is 5. The van der Waals surface area contributed by atoms with Gasteiger partial charge in [0, 0.05) is 21.4 Å². The van der Waals surface area contributed by atoms with Gasteiger partial charge in [0.1, 0.15) is 16.7 Å². The van der Waals surface area contributed by atoms with Crippen LogP contribution in [0.4, 0.5) is 5.82 Å². The molecule has 98 valence electrons. The lowest BCUT2D eigenvalue weighted by Gasteiger charge is -2.07. The fourth-order valence-corrected chi connectivity index (χ4v) is 3.11. The minimum absolute atomic E-state index is 0.506. The van der Waals surface area contributed by atoms with Gasteiger partial charge in [0.05, 0.1) is 0 Å². The summed E-state index contributed by atoms with van der Waals surface area (Å²) in [4.78, 5) is 10.2. The maximum absolute atomic E-state index is 5.47. The highest BCUT2D eigenvalue weighted by atomic mass is 79.9. The van der Waals surface area contributed by atoms with Crippen molar-refractivity contribution in [3.63, 3.8) is 0 Å². The van der Waals surface area contributed by atoms with E-state index < -0.39 is 0 Å². The number of benzene rings is 1. The second-order valence-electron chi connectivity index (χ2n) is 4.40. The molecule has 6 heteroatoms. The number of nitrogens with two attached hydrogens (primary N) is 1. The number of aromatic nitrogens is 2. The molecule has 3 rings (SSSR count). The first-order valence-corrected chi connectivity index (χ1v) is 7.65. The van der Waals surface area contributed by atoms with E-state index in [-0.39, 0.29) is 0 Å². The molecular formula is C13H13BrN4S. The van der Waals surface area contributed by atoms with E-state index in [0.717, 1.165) is 20.2 Å². The lowest BCUT2D eigenvalue weighted by molar-refractivity contribution is 0.878. The van der Waals surface area contributed by atoms with Gasteiger partial charge in [-0.1, -0.05) is 23.9 Å². The van der Waals surface area contributed by atoms with Crippen molar-refractivity contribution in [2.45, 2.75) is 28.7 Å². The van der Waals surface area contributed by atoms with Gasteiger partial charge in [-0.25, -0.2) is 15.8 Å². The van der Waals surface area contributed by atoms with Gasteiger partial charge >= 0.3 is 0 Å². The Morgan fingerprint density at radius 1 is 1.26 bits per heavy atom. The largest absolute Gasteiger partial charge is 0.308 e. The standard InChI is InChI=1S/C13H13BrN4S/c14-9-3-1-2-4-10(9)19-12-7-11(18-15)16-13(17-12)8-5-6-8/h1-4,7-8H,5-6,15H2,(H,16,17,18). The van der Waals surface area contributed by atoms with Gasteiger partial charge in [-0.2, -0.15) is 0 Å². The van der Waals surface area contributed by atoms with Gasteiger partial charge in [-0.15, -0.1) is 0 Å². The molecule has 0 unspecified atom stereocenters. The van der Waals surface area contributed by atoms with Crippen LogP contribution < -0.4 is 11.3 Å². The molecule has 0 radical (unpaired) electrons. The molecule has 4 nitrogen and oxygen atoms in total. The van der Waals surface area contributed by atoms with E-state index in [9.17, 15) is 0 Å². The fourth-order valence-electron chi connectivity index (χ4n) is 1.73. The van der Waals surface area contributed by atoms with Crippen molar-refractivity contribution < 1.29 is 0 Å². The van der Waals surface area contributed by atoms with Crippen LogP contribution in [0.3, 0.4) is 0 Å². The third kappa shape index (κ3) is 3.08. The number of nitrogens with one attached hydrogen (secondary N) is 1. The Hall–Kier alpha value is -1.11. The second kappa shape index (κ2) is 5.48. The molecule has 1 saturated carbocycles. The molecule has 1 aromatic heterocycles. The summed E-state index contributed by atoms with van der Waals surface area (Å²) in [5.74, 6) is 7.55. The van der Waals surface area contributed by atoms with Crippen molar-refractivity contribution in [1.29, 1.82) is 0 Å². The van der Waals surface area contributed by atoms with E-state index in [2.05, 4.69) is 37.4 Å². The van der Waals surface area contributed by atoms with Gasteiger partial charge in [0.25, 0.3) is 0 Å². The summed E-state index contributed by atoms with van der Waals surface area (Å²) in [6, 6.07) is 9.96. The molecule has 0 amide bonds. The summed E-state index contributed by atoms with van der Waals surface area (Å²) in [5.41, 5.74) is 2.61. The molecular weight excluding hydrogens is 324 g/mol. The van der Waals surface area contributed by atoms with Crippen LogP contribution in [0.25, 0.3) is 0 Å². The van der Waals surface area contributed by atoms with Crippen LogP contribution in [0, 0.1) is 0 Å². The van der Waals surface area contributed by atoms with Gasteiger partial charge in [0.2, 0.25) is 0 Å². The zero-order chi connectivity index (χ0) is 13.2. The van der Waals surface area contributed by atoms with Gasteiger partial charge in [-0.3, -0.25) is 0 Å². The van der Waals surface area contributed by atoms with E-state index >= 15 is 0 Å². The number of rotatable bonds is 4. The van der Waals surface area contributed by atoms with Crippen LogP contribution in [-0.2, 0) is 0 Å². The molecule has 1 aliphatic carbocycles. The number of hydrogen-bond donors (Lipinski definition) is 2. The van der Waals surface area contributed by atoms with Crippen LogP contribution in [0.5, 0.6) is 0 Å². The summed E-state index contributed by atoms with van der Waals surface area (Å²) in [6.45, 7) is 0. The van der Waals surface area contributed by atoms with E-state index in [4.69, 9.17) is 5.84 Å². The van der Waals surface area contributed by atoms with Crippen LogP contribution in [0.2, 0.25) is 0 Å². The molecule has 1 aliphatic rings. The Morgan fingerprint density at radius 3 is 2.74 bits per heavy atom. The van der Waals surface area contributed by atoms with Crippen molar-refractivity contribution in [3.05, 3.63) is 40.6 Å². The molecule has 0 atom stereocenters. The molecule has 0 spiro atoms. The zero-order valence-electron chi connectivity index (χ0n) is 10.1. The SMILES string of the molecule is NNc1cc(Sc2ccccc2Br)nc(C2CC2)n1. The van der Waals surface area contributed by atoms with Crippen molar-refractivity contribution >= 4 is 33.5 Å². The molecule has 0 saturated heterocycles. The summed E-state index contributed by atoms with van der Waals surface area (Å²) in [7, 11) is 0. The molecule has 1 heterocycles. The first kappa shape index (κ1) is 12.9. The maximum atomic E-state index is 5.47. The summed E-state index contributed by atoms with van der Waals surface area (Å²) in [6.07, 6.45) is 2.35. The number of anilines is 1. The quantitative estimate of drug-likeness (QED) is 0.507. The first-order chi connectivity index (χ1) is 9.26. The van der Waals surface area contributed by atoms with E-state index in [0.29, 0.717) is 11.7 Å². The number of nitrogen functional groups attached to an aromatic ring is 1. The summed E-state index contributed by atoms with van der Waals surface area (Å²) in [5, 5.41) is 0.914. The highest BCUT2D eigenvalue weighted by molar-refractivity contribution is 9.10. The molecule has 1 fully saturated rings. The van der Waals surface area contributed by atoms with Crippen molar-refractivity contribution in [3.8, 4) is 0 Å². The Labute approximate surface area is 124 Å². The summed E-state index contributed by atoms with van der Waals surface area (Å²) < 4.78 is 1.06. The molecule has 0 aliphatic heterocycles. The molecule has 3 N–H and O–H groups in total. The van der Waals surface area contributed by atoms with E-state index in [1.54, 1.807) is 11.8 Å². The predicted molar refractivity (Wildman–Crippen MR) is 80.1 cm³/mol. The lowest BCUT2D eigenvalue weighted by atomic mass is 10.4. The van der Waals surface area contributed by atoms with E-state index in [1.807, 2.05) is 24.3 Å². The van der Waals surface area contributed by atoms with Gasteiger partial charge in [-0.05, 0) is 40.9 Å². The minimum atomic E-state index is 0.506. The molecule has 0 bridgehead atoms. The fraction of sp³-hybridized carbons (Fsp3) is 0.231. The van der Waals surface area contributed by atoms with Crippen LogP contribution >= 0.6 is 27.7 Å². The second-order valence-corrected chi connectivity index (χ2v) is 6.32. The van der Waals surface area contributed by atoms with Gasteiger partial charge in [0.15, 0.2) is 0 Å². The van der Waals surface area contributed by atoms with Crippen LogP contribution in [0.15, 0.2) is 44.7 Å². The third-order valence-corrected chi connectivity index (χ3v) is 4.81. The Kier molecular flexibility index (Phi) is 3.72. The molecule has 1 aromatic carbocycles. The summed E-state index contributed by atoms with van der Waals surface area (Å²) >= 11 is 5.15. The van der Waals surface area contributed by atoms with Gasteiger partial charge < -0.3 is 5.43 Å². The number of hydrazine groups is 1. The van der Waals surface area contributed by atoms with Crippen LogP contribution in [0.1, 0.15) is 24.6 Å². The minimum Gasteiger partial charge on any atom is -0.308 e. The Morgan fingerprint density at radius 2 is 2.05 bits per heavy atom. The highest BCUT2D eigenvalue weighted by Gasteiger charge is 2.27. The van der Waals surface area contributed by atoms with Crippen molar-refractivity contribution in [2.75, 3.05) is 5.43 Å². The van der Waals surface area contributed by atoms with Crippen LogP contribution in [-0.4, -0.2) is 9.97 Å². The lowest BCUT2D eigenvalue weighted by Crippen LogP contribution is -2.10.